The van der Waals surface area contributed by atoms with Crippen LogP contribution in [0.25, 0.3) is 11.0 Å². The second-order valence-electron chi connectivity index (χ2n) is 9.08. The molecule has 3 heterocycles. The number of carboxylic acids is 1. The van der Waals surface area contributed by atoms with Crippen molar-refractivity contribution >= 4 is 28.5 Å². The molecule has 2 atom stereocenters. The zero-order valence-corrected chi connectivity index (χ0v) is 19.7. The lowest BCUT2D eigenvalue weighted by atomic mass is 10.0. The molecule has 1 fully saturated rings. The Balaban J connectivity index is 1.51. The molecule has 1 aliphatic rings. The van der Waals surface area contributed by atoms with Crippen LogP contribution in [0.1, 0.15) is 52.5 Å². The summed E-state index contributed by atoms with van der Waals surface area (Å²) in [5, 5.41) is 13.4. The summed E-state index contributed by atoms with van der Waals surface area (Å²) in [7, 11) is 0. The van der Waals surface area contributed by atoms with Crippen molar-refractivity contribution < 1.29 is 14.3 Å². The number of para-hydroxylation sites is 1. The highest BCUT2D eigenvalue weighted by atomic mass is 16.4. The zero-order chi connectivity index (χ0) is 24.5. The molecule has 35 heavy (non-hydrogen) atoms. The summed E-state index contributed by atoms with van der Waals surface area (Å²) in [5.74, 6) is -0.174. The molecular formula is C28H27N3O4. The van der Waals surface area contributed by atoms with Gasteiger partial charge < -0.3 is 19.7 Å². The number of hydrogen-bond donors (Lipinski definition) is 2. The number of pyridine rings is 1. The molecule has 1 aliphatic heterocycles. The minimum absolute atomic E-state index is 0.0920. The minimum atomic E-state index is -1.00. The molecule has 7 nitrogen and oxygen atoms in total. The summed E-state index contributed by atoms with van der Waals surface area (Å²) in [5.41, 5.74) is 3.92. The van der Waals surface area contributed by atoms with Crippen molar-refractivity contribution in [2.45, 2.75) is 32.2 Å². The quantitative estimate of drug-likeness (QED) is 0.392. The zero-order valence-electron chi connectivity index (χ0n) is 19.7. The van der Waals surface area contributed by atoms with Gasteiger partial charge in [0.2, 0.25) is 0 Å². The Morgan fingerprint density at radius 3 is 2.74 bits per heavy atom. The van der Waals surface area contributed by atoms with E-state index in [1.807, 2.05) is 44.2 Å². The third-order valence-corrected chi connectivity index (χ3v) is 6.59. The molecular weight excluding hydrogens is 442 g/mol. The van der Waals surface area contributed by atoms with E-state index in [0.717, 1.165) is 36.3 Å². The van der Waals surface area contributed by atoms with Crippen molar-refractivity contribution in [1.82, 2.24) is 4.98 Å². The number of aromatic carboxylic acids is 1. The molecule has 0 spiro atoms. The minimum Gasteiger partial charge on any atom is -0.478 e. The first-order valence-electron chi connectivity index (χ1n) is 11.7. The van der Waals surface area contributed by atoms with Crippen LogP contribution in [0, 0.1) is 6.92 Å². The third kappa shape index (κ3) is 4.49. The number of anilines is 2. The topological polar surface area (TPSA) is 95.7 Å². The SMILES string of the molecule is Cc1cc(C(C)Nc2ccccc2C(=O)O)c2oc(N3CCC(c4ccccn4)C3)cc(=O)c2c1. The molecule has 1 saturated heterocycles. The van der Waals surface area contributed by atoms with Gasteiger partial charge in [-0.2, -0.15) is 0 Å². The van der Waals surface area contributed by atoms with E-state index in [0.29, 0.717) is 22.5 Å². The average molecular weight is 470 g/mol. The smallest absolute Gasteiger partial charge is 0.337 e. The second kappa shape index (κ2) is 9.25. The van der Waals surface area contributed by atoms with Crippen LogP contribution in [0.4, 0.5) is 11.6 Å². The van der Waals surface area contributed by atoms with Crippen molar-refractivity contribution in [1.29, 1.82) is 0 Å². The van der Waals surface area contributed by atoms with Gasteiger partial charge in [-0.25, -0.2) is 4.79 Å². The number of fused-ring (bicyclic) bond motifs is 1. The predicted molar refractivity (Wildman–Crippen MR) is 136 cm³/mol. The molecule has 2 unspecified atom stereocenters. The summed E-state index contributed by atoms with van der Waals surface area (Å²) in [6, 6.07) is 17.8. The van der Waals surface area contributed by atoms with Crippen molar-refractivity contribution in [2.75, 3.05) is 23.3 Å². The van der Waals surface area contributed by atoms with Gasteiger partial charge in [0.1, 0.15) is 5.58 Å². The fourth-order valence-electron chi connectivity index (χ4n) is 4.83. The van der Waals surface area contributed by atoms with Gasteiger partial charge in [-0.3, -0.25) is 9.78 Å². The second-order valence-corrected chi connectivity index (χ2v) is 9.08. The first-order valence-corrected chi connectivity index (χ1v) is 11.7. The number of rotatable bonds is 6. The van der Waals surface area contributed by atoms with Crippen molar-refractivity contribution in [2.24, 2.45) is 0 Å². The van der Waals surface area contributed by atoms with Crippen LogP contribution in [0.2, 0.25) is 0 Å². The van der Waals surface area contributed by atoms with Gasteiger partial charge in [0, 0.05) is 48.2 Å². The number of nitrogens with one attached hydrogen (secondary N) is 1. The van der Waals surface area contributed by atoms with E-state index >= 15 is 0 Å². The van der Waals surface area contributed by atoms with E-state index in [1.165, 1.54) is 0 Å². The van der Waals surface area contributed by atoms with Crippen LogP contribution in [-0.2, 0) is 0 Å². The number of aromatic nitrogens is 1. The first-order chi connectivity index (χ1) is 16.9. The van der Waals surface area contributed by atoms with Crippen molar-refractivity contribution in [3.05, 3.63) is 99.5 Å². The van der Waals surface area contributed by atoms with Crippen molar-refractivity contribution in [3.8, 4) is 0 Å². The van der Waals surface area contributed by atoms with Crippen LogP contribution in [-0.4, -0.2) is 29.1 Å². The Labute approximate surface area is 203 Å². The van der Waals surface area contributed by atoms with Crippen molar-refractivity contribution in [3.63, 3.8) is 0 Å². The molecule has 4 aromatic rings. The lowest BCUT2D eigenvalue weighted by molar-refractivity contribution is 0.0698. The van der Waals surface area contributed by atoms with Crippen LogP contribution >= 0.6 is 0 Å². The summed E-state index contributed by atoms with van der Waals surface area (Å²) < 4.78 is 6.38. The third-order valence-electron chi connectivity index (χ3n) is 6.59. The van der Waals surface area contributed by atoms with Gasteiger partial charge in [-0.05, 0) is 56.2 Å². The highest BCUT2D eigenvalue weighted by Crippen LogP contribution is 2.34. The summed E-state index contributed by atoms with van der Waals surface area (Å²) in [6.45, 7) is 5.38. The van der Waals surface area contributed by atoms with E-state index in [9.17, 15) is 14.7 Å². The maximum Gasteiger partial charge on any atom is 0.337 e. The monoisotopic (exact) mass is 469 g/mol. The van der Waals surface area contributed by atoms with Gasteiger partial charge in [0.05, 0.1) is 17.0 Å². The Hall–Kier alpha value is -4.13. The molecule has 7 heteroatoms. The Kier molecular flexibility index (Phi) is 5.99. The summed E-state index contributed by atoms with van der Waals surface area (Å²) in [4.78, 5) is 31.4. The van der Waals surface area contributed by atoms with E-state index in [-0.39, 0.29) is 23.0 Å². The molecule has 0 aliphatic carbocycles. The molecule has 2 aromatic carbocycles. The van der Waals surface area contributed by atoms with Crippen LogP contribution in [0.15, 0.2) is 76.1 Å². The average Bonchev–Trinajstić information content (AvgIpc) is 3.35. The summed E-state index contributed by atoms with van der Waals surface area (Å²) in [6.07, 6.45) is 2.74. The van der Waals surface area contributed by atoms with E-state index in [2.05, 4.69) is 15.2 Å². The maximum absolute atomic E-state index is 13.1. The number of hydrogen-bond acceptors (Lipinski definition) is 6. The lowest BCUT2D eigenvalue weighted by Gasteiger charge is -2.21. The van der Waals surface area contributed by atoms with E-state index in [1.54, 1.807) is 36.5 Å². The molecule has 0 saturated carbocycles. The molecule has 0 bridgehead atoms. The van der Waals surface area contributed by atoms with Gasteiger partial charge in [-0.1, -0.05) is 24.3 Å². The summed E-state index contributed by atoms with van der Waals surface area (Å²) >= 11 is 0. The van der Waals surface area contributed by atoms with Gasteiger partial charge in [0.25, 0.3) is 0 Å². The van der Waals surface area contributed by atoms with E-state index < -0.39 is 5.97 Å². The Morgan fingerprint density at radius 1 is 1.17 bits per heavy atom. The lowest BCUT2D eigenvalue weighted by Crippen LogP contribution is -2.21. The van der Waals surface area contributed by atoms with Crippen LogP contribution < -0.4 is 15.6 Å². The predicted octanol–water partition coefficient (Wildman–Crippen LogP) is 5.36. The highest BCUT2D eigenvalue weighted by Gasteiger charge is 2.27. The number of carbonyl (C=O) groups is 1. The first kappa shape index (κ1) is 22.7. The maximum atomic E-state index is 13.1. The molecule has 0 radical (unpaired) electrons. The normalized spacial score (nSPS) is 16.4. The van der Waals surface area contributed by atoms with Gasteiger partial charge >= 0.3 is 5.97 Å². The van der Waals surface area contributed by atoms with Crippen LogP contribution in [0.3, 0.4) is 0 Å². The number of benzene rings is 2. The fourth-order valence-corrected chi connectivity index (χ4v) is 4.83. The fraction of sp³-hybridized carbons (Fsp3) is 0.250. The number of aryl methyl sites for hydroxylation is 1. The molecule has 2 aromatic heterocycles. The standard InChI is InChI=1S/C28H27N3O4/c1-17-13-21(18(2)30-24-9-4-3-7-20(24)28(33)34)27-22(14-17)25(32)15-26(35-27)31-12-10-19(16-31)23-8-5-6-11-29-23/h3-9,11,13-15,18-19,30H,10,12,16H2,1-2H3,(H,33,34). The Morgan fingerprint density at radius 2 is 1.97 bits per heavy atom. The largest absolute Gasteiger partial charge is 0.478 e. The number of carboxylic acid groups (broad SMARTS) is 1. The Bertz CT molecular complexity index is 1450. The highest BCUT2D eigenvalue weighted by molar-refractivity contribution is 5.94. The van der Waals surface area contributed by atoms with Crippen LogP contribution in [0.5, 0.6) is 0 Å². The van der Waals surface area contributed by atoms with Gasteiger partial charge in [0.15, 0.2) is 11.3 Å². The van der Waals surface area contributed by atoms with E-state index in [4.69, 9.17) is 4.42 Å². The van der Waals surface area contributed by atoms with Gasteiger partial charge in [-0.15, -0.1) is 0 Å². The number of nitrogens with zero attached hydrogens (tertiary/aromatic N) is 2. The molecule has 5 rings (SSSR count). The molecule has 178 valence electrons. The molecule has 2 N–H and O–H groups in total. The molecule has 0 amide bonds.